The summed E-state index contributed by atoms with van der Waals surface area (Å²) >= 11 is 5.85. The summed E-state index contributed by atoms with van der Waals surface area (Å²) in [6.07, 6.45) is 5.89. The number of carbonyl (C=O) groups is 1. The van der Waals surface area contributed by atoms with Gasteiger partial charge in [-0.3, -0.25) is 4.79 Å². The molecule has 0 atom stereocenters. The molecule has 1 saturated carbocycles. The zero-order valence-electron chi connectivity index (χ0n) is 12.3. The second kappa shape index (κ2) is 7.75. The average Bonchev–Trinajstić information content (AvgIpc) is 3.26. The molecule has 0 aromatic heterocycles. The van der Waals surface area contributed by atoms with Crippen LogP contribution in [0.3, 0.4) is 0 Å². The Morgan fingerprint density at radius 3 is 2.24 bits per heavy atom. The zero-order chi connectivity index (χ0) is 13.9. The number of hydrogen-bond acceptors (Lipinski definition) is 2. The van der Waals surface area contributed by atoms with Crippen LogP contribution in [0.15, 0.2) is 24.3 Å². The highest BCUT2D eigenvalue weighted by atomic mass is 79.9. The van der Waals surface area contributed by atoms with E-state index in [2.05, 4.69) is 4.90 Å². The van der Waals surface area contributed by atoms with E-state index in [0.29, 0.717) is 17.4 Å². The lowest BCUT2D eigenvalue weighted by molar-refractivity contribution is 0.0926. The van der Waals surface area contributed by atoms with Crippen molar-refractivity contribution in [3.8, 4) is 0 Å². The van der Waals surface area contributed by atoms with Crippen LogP contribution in [0, 0.1) is 11.8 Å². The van der Waals surface area contributed by atoms with Gasteiger partial charge in [0.1, 0.15) is 0 Å². The van der Waals surface area contributed by atoms with Crippen molar-refractivity contribution in [2.75, 3.05) is 19.6 Å². The molecule has 2 nitrogen and oxygen atoms in total. The Morgan fingerprint density at radius 2 is 1.67 bits per heavy atom. The predicted octanol–water partition coefficient (Wildman–Crippen LogP) is 4.61. The van der Waals surface area contributed by atoms with Crippen LogP contribution in [0.2, 0.25) is 5.02 Å². The Labute approximate surface area is 142 Å². The lowest BCUT2D eigenvalue weighted by atomic mass is 9.90. The summed E-state index contributed by atoms with van der Waals surface area (Å²) in [5, 5.41) is 0.690. The van der Waals surface area contributed by atoms with Crippen molar-refractivity contribution in [3.63, 3.8) is 0 Å². The lowest BCUT2D eigenvalue weighted by Gasteiger charge is -2.31. The summed E-state index contributed by atoms with van der Waals surface area (Å²) in [6, 6.07) is 7.28. The van der Waals surface area contributed by atoms with Crippen molar-refractivity contribution in [1.82, 2.24) is 4.90 Å². The van der Waals surface area contributed by atoms with E-state index in [9.17, 15) is 4.79 Å². The quantitative estimate of drug-likeness (QED) is 0.703. The summed E-state index contributed by atoms with van der Waals surface area (Å²) < 4.78 is 0. The van der Waals surface area contributed by atoms with Gasteiger partial charge in [0.05, 0.1) is 0 Å². The SMILES string of the molecule is Br.O=C(CC1CCN(CC2CC2)CC1)c1ccc(Cl)cc1. The van der Waals surface area contributed by atoms with Gasteiger partial charge >= 0.3 is 0 Å². The molecule has 0 spiro atoms. The molecule has 0 bridgehead atoms. The number of benzene rings is 1. The third-order valence-electron chi connectivity index (χ3n) is 4.56. The molecule has 1 aliphatic carbocycles. The van der Waals surface area contributed by atoms with Gasteiger partial charge in [0.2, 0.25) is 0 Å². The minimum Gasteiger partial charge on any atom is -0.303 e. The monoisotopic (exact) mass is 371 g/mol. The number of Topliss-reactive ketones (excluding diaryl/α,β-unsaturated/α-hetero) is 1. The van der Waals surface area contributed by atoms with Crippen LogP contribution in [-0.4, -0.2) is 30.3 Å². The maximum Gasteiger partial charge on any atom is 0.163 e. The highest BCUT2D eigenvalue weighted by Gasteiger charge is 2.27. The first-order valence-electron chi connectivity index (χ1n) is 7.72. The van der Waals surface area contributed by atoms with Gasteiger partial charge < -0.3 is 4.90 Å². The predicted molar refractivity (Wildman–Crippen MR) is 92.6 cm³/mol. The van der Waals surface area contributed by atoms with Crippen LogP contribution in [0.5, 0.6) is 0 Å². The molecular formula is C17H23BrClNO. The van der Waals surface area contributed by atoms with E-state index < -0.39 is 0 Å². The Kier molecular flexibility index (Phi) is 6.27. The van der Waals surface area contributed by atoms with Gasteiger partial charge in [-0.05, 0) is 74.9 Å². The van der Waals surface area contributed by atoms with Crippen LogP contribution in [-0.2, 0) is 0 Å². The smallest absolute Gasteiger partial charge is 0.163 e. The van der Waals surface area contributed by atoms with Gasteiger partial charge in [-0.2, -0.15) is 0 Å². The highest BCUT2D eigenvalue weighted by Crippen LogP contribution is 2.31. The van der Waals surface area contributed by atoms with Crippen LogP contribution < -0.4 is 0 Å². The number of hydrogen-bond donors (Lipinski definition) is 0. The summed E-state index contributed by atoms with van der Waals surface area (Å²) in [6.45, 7) is 3.64. The van der Waals surface area contributed by atoms with E-state index in [4.69, 9.17) is 11.6 Å². The third-order valence-corrected chi connectivity index (χ3v) is 4.81. The Balaban J connectivity index is 0.00000161. The molecule has 4 heteroatoms. The number of rotatable bonds is 5. The number of nitrogens with zero attached hydrogens (tertiary/aromatic N) is 1. The first-order chi connectivity index (χ1) is 9.70. The van der Waals surface area contributed by atoms with E-state index in [1.807, 2.05) is 12.1 Å². The van der Waals surface area contributed by atoms with E-state index in [-0.39, 0.29) is 22.8 Å². The molecule has 2 aliphatic rings. The van der Waals surface area contributed by atoms with Crippen LogP contribution in [0.4, 0.5) is 0 Å². The van der Waals surface area contributed by atoms with Crippen LogP contribution in [0.25, 0.3) is 0 Å². The van der Waals surface area contributed by atoms with E-state index >= 15 is 0 Å². The summed E-state index contributed by atoms with van der Waals surface area (Å²) in [5.74, 6) is 1.80. The third kappa shape index (κ3) is 5.08. The van der Waals surface area contributed by atoms with Crippen LogP contribution >= 0.6 is 28.6 Å². The van der Waals surface area contributed by atoms with Crippen molar-refractivity contribution in [3.05, 3.63) is 34.9 Å². The summed E-state index contributed by atoms with van der Waals surface area (Å²) in [4.78, 5) is 14.8. The fourth-order valence-corrected chi connectivity index (χ4v) is 3.18. The molecule has 0 unspecified atom stereocenters. The first kappa shape index (κ1) is 17.0. The normalized spacial score (nSPS) is 20.0. The van der Waals surface area contributed by atoms with Gasteiger partial charge in [-0.25, -0.2) is 0 Å². The topological polar surface area (TPSA) is 20.3 Å². The number of ketones is 1. The molecule has 21 heavy (non-hydrogen) atoms. The standard InChI is InChI=1S/C17H22ClNO.BrH/c18-16-5-3-15(4-6-16)17(20)11-13-7-9-19(10-8-13)12-14-1-2-14;/h3-6,13-14H,1-2,7-12H2;1H. The molecule has 1 aliphatic heterocycles. The summed E-state index contributed by atoms with van der Waals surface area (Å²) in [5.41, 5.74) is 0.801. The number of halogens is 2. The molecule has 2 fully saturated rings. The Hall–Kier alpha value is -0.380. The molecule has 1 saturated heterocycles. The minimum atomic E-state index is 0. The number of piperidine rings is 1. The van der Waals surface area contributed by atoms with Gasteiger partial charge in [-0.1, -0.05) is 11.6 Å². The minimum absolute atomic E-state index is 0. The van der Waals surface area contributed by atoms with Crippen molar-refractivity contribution in [2.45, 2.75) is 32.1 Å². The van der Waals surface area contributed by atoms with Crippen LogP contribution in [0.1, 0.15) is 42.5 Å². The van der Waals surface area contributed by atoms with Gasteiger partial charge in [-0.15, -0.1) is 17.0 Å². The molecule has 116 valence electrons. The number of carbonyl (C=O) groups excluding carboxylic acids is 1. The largest absolute Gasteiger partial charge is 0.303 e. The average molecular weight is 373 g/mol. The fraction of sp³-hybridized carbons (Fsp3) is 0.588. The Morgan fingerprint density at radius 1 is 1.05 bits per heavy atom. The maximum atomic E-state index is 12.2. The fourth-order valence-electron chi connectivity index (χ4n) is 3.05. The number of likely N-dealkylation sites (tertiary alicyclic amines) is 1. The molecule has 1 aromatic carbocycles. The molecule has 0 radical (unpaired) electrons. The molecule has 0 N–H and O–H groups in total. The van der Waals surface area contributed by atoms with Gasteiger partial charge in [0, 0.05) is 23.6 Å². The van der Waals surface area contributed by atoms with Gasteiger partial charge in [0.15, 0.2) is 5.78 Å². The Bertz CT molecular complexity index is 464. The van der Waals surface area contributed by atoms with Crippen molar-refractivity contribution in [2.24, 2.45) is 11.8 Å². The second-order valence-electron chi connectivity index (χ2n) is 6.32. The molecule has 1 heterocycles. The first-order valence-corrected chi connectivity index (χ1v) is 8.09. The van der Waals surface area contributed by atoms with E-state index in [1.54, 1.807) is 12.1 Å². The molecular weight excluding hydrogens is 350 g/mol. The van der Waals surface area contributed by atoms with Gasteiger partial charge in [0.25, 0.3) is 0 Å². The zero-order valence-corrected chi connectivity index (χ0v) is 14.7. The van der Waals surface area contributed by atoms with Crippen molar-refractivity contribution in [1.29, 1.82) is 0 Å². The highest BCUT2D eigenvalue weighted by molar-refractivity contribution is 8.93. The van der Waals surface area contributed by atoms with Crippen molar-refractivity contribution >= 4 is 34.4 Å². The van der Waals surface area contributed by atoms with E-state index in [1.165, 1.54) is 45.3 Å². The lowest BCUT2D eigenvalue weighted by Crippen LogP contribution is -2.35. The van der Waals surface area contributed by atoms with E-state index in [0.717, 1.165) is 11.5 Å². The maximum absolute atomic E-state index is 12.2. The molecule has 3 rings (SSSR count). The summed E-state index contributed by atoms with van der Waals surface area (Å²) in [7, 11) is 0. The second-order valence-corrected chi connectivity index (χ2v) is 6.76. The molecule has 1 aromatic rings. The van der Waals surface area contributed by atoms with Crippen molar-refractivity contribution < 1.29 is 4.79 Å². The molecule has 0 amide bonds.